The van der Waals surface area contributed by atoms with Gasteiger partial charge < -0.3 is 0 Å². The van der Waals surface area contributed by atoms with Crippen LogP contribution in [0.5, 0.6) is 0 Å². The van der Waals surface area contributed by atoms with Crippen molar-refractivity contribution in [3.05, 3.63) is 17.8 Å². The number of hydrogen-bond acceptors (Lipinski definition) is 1. The maximum Gasteiger partial charge on any atom is 0.108 e. The van der Waals surface area contributed by atoms with Crippen LogP contribution in [0.1, 0.15) is 0 Å². The minimum Gasteiger partial charge on any atom is -0.116 e. The van der Waals surface area contributed by atoms with Crippen LogP contribution in [0.2, 0.25) is 4.34 Å². The lowest BCUT2D eigenvalue weighted by Gasteiger charge is -1.73. The average Bonchev–Trinajstić information content (AvgIpc) is 1.85. The Morgan fingerprint density at radius 3 is 2.50 bits per heavy atom. The molecule has 0 N–H and O–H groups in total. The van der Waals surface area contributed by atoms with Gasteiger partial charge in [-0.1, -0.05) is 11.6 Å². The molecule has 0 saturated carbocycles. The molecule has 8 heavy (non-hydrogen) atoms. The van der Waals surface area contributed by atoms with Crippen molar-refractivity contribution >= 4 is 61.5 Å². The van der Waals surface area contributed by atoms with Gasteiger partial charge in [0, 0.05) is 4.47 Å². The predicted molar refractivity (Wildman–Crippen MR) is 49.7 cm³/mol. The fraction of sp³-hybridized carbons (Fsp3) is 0. The molecule has 1 aromatic heterocycles. The summed E-state index contributed by atoms with van der Waals surface area (Å²) >= 11 is 12.8. The van der Waals surface area contributed by atoms with Crippen LogP contribution in [0.15, 0.2) is 10.5 Å². The Balaban J connectivity index is 3.14. The third-order valence-electron chi connectivity index (χ3n) is 0.615. The fourth-order valence-electron chi connectivity index (χ4n) is 0.320. The van der Waals surface area contributed by atoms with Gasteiger partial charge in [-0.25, -0.2) is 0 Å². The third kappa shape index (κ3) is 1.59. The van der Waals surface area contributed by atoms with Gasteiger partial charge in [0.2, 0.25) is 0 Å². The monoisotopic (exact) mass is 322 g/mol. The molecule has 0 radical (unpaired) electrons. The zero-order chi connectivity index (χ0) is 6.15. The SMILES string of the molecule is Clc1sc(I)cc1Br. The van der Waals surface area contributed by atoms with Gasteiger partial charge in [0.25, 0.3) is 0 Å². The van der Waals surface area contributed by atoms with E-state index in [2.05, 4.69) is 38.5 Å². The van der Waals surface area contributed by atoms with E-state index in [1.54, 1.807) is 11.3 Å². The summed E-state index contributed by atoms with van der Waals surface area (Å²) in [7, 11) is 0. The summed E-state index contributed by atoms with van der Waals surface area (Å²) < 4.78 is 3.03. The van der Waals surface area contributed by atoms with Crippen molar-refractivity contribution in [2.75, 3.05) is 0 Å². The van der Waals surface area contributed by atoms with E-state index < -0.39 is 0 Å². The first-order chi connectivity index (χ1) is 3.70. The highest BCUT2D eigenvalue weighted by Gasteiger charge is 1.99. The molecule has 0 aliphatic heterocycles. The van der Waals surface area contributed by atoms with Crippen molar-refractivity contribution in [1.29, 1.82) is 0 Å². The normalized spacial score (nSPS) is 9.88. The number of halogens is 3. The van der Waals surface area contributed by atoms with Gasteiger partial charge in [0.15, 0.2) is 0 Å². The van der Waals surface area contributed by atoms with Crippen LogP contribution in [-0.2, 0) is 0 Å². The molecular formula is C4HBrClIS. The van der Waals surface area contributed by atoms with Gasteiger partial charge in [-0.3, -0.25) is 0 Å². The highest BCUT2D eigenvalue weighted by Crippen LogP contribution is 2.32. The van der Waals surface area contributed by atoms with Crippen molar-refractivity contribution in [1.82, 2.24) is 0 Å². The second-order valence-electron chi connectivity index (χ2n) is 1.17. The van der Waals surface area contributed by atoms with Crippen LogP contribution >= 0.6 is 61.5 Å². The minimum absolute atomic E-state index is 0.828. The van der Waals surface area contributed by atoms with E-state index in [-0.39, 0.29) is 0 Å². The summed E-state index contributed by atoms with van der Waals surface area (Å²) in [6, 6.07) is 1.99. The molecule has 0 aliphatic carbocycles. The molecule has 0 amide bonds. The molecule has 1 rings (SSSR count). The maximum atomic E-state index is 5.70. The molecule has 0 fully saturated rings. The third-order valence-corrected chi connectivity index (χ3v) is 3.85. The molecule has 0 unspecified atom stereocenters. The minimum atomic E-state index is 0.828. The number of thiophene rings is 1. The number of rotatable bonds is 0. The second kappa shape index (κ2) is 2.86. The Morgan fingerprint density at radius 2 is 2.38 bits per heavy atom. The Kier molecular flexibility index (Phi) is 2.61. The summed E-state index contributed by atoms with van der Waals surface area (Å²) in [5.74, 6) is 0. The van der Waals surface area contributed by atoms with Gasteiger partial charge in [0.05, 0.1) is 2.88 Å². The molecule has 0 saturated heterocycles. The molecule has 1 aromatic rings. The van der Waals surface area contributed by atoms with E-state index in [0.29, 0.717) is 0 Å². The maximum absolute atomic E-state index is 5.70. The van der Waals surface area contributed by atoms with Crippen LogP contribution in [0.3, 0.4) is 0 Å². The summed E-state index contributed by atoms with van der Waals surface area (Å²) in [5.41, 5.74) is 0. The standard InChI is InChI=1S/C4HBrClIS/c5-2-1-3(7)8-4(2)6/h1H. The van der Waals surface area contributed by atoms with Crippen LogP contribution in [0, 0.1) is 2.88 Å². The van der Waals surface area contributed by atoms with Crippen LogP contribution in [0.4, 0.5) is 0 Å². The summed E-state index contributed by atoms with van der Waals surface area (Å²) in [6.45, 7) is 0. The fourth-order valence-corrected chi connectivity index (χ4v) is 3.54. The Hall–Kier alpha value is 1.20. The van der Waals surface area contributed by atoms with Crippen LogP contribution in [0.25, 0.3) is 0 Å². The molecule has 0 bridgehead atoms. The van der Waals surface area contributed by atoms with Gasteiger partial charge in [-0.15, -0.1) is 11.3 Å². The molecule has 44 valence electrons. The zero-order valence-corrected chi connectivity index (χ0v) is 8.94. The van der Waals surface area contributed by atoms with E-state index in [1.807, 2.05) is 6.07 Å². The lowest BCUT2D eigenvalue weighted by Crippen LogP contribution is -1.46. The molecule has 1 heterocycles. The summed E-state index contributed by atoms with van der Waals surface area (Å²) in [4.78, 5) is 0. The Labute approximate surface area is 78.5 Å². The molecule has 0 atom stereocenters. The van der Waals surface area contributed by atoms with Crippen LogP contribution in [-0.4, -0.2) is 0 Å². The first-order valence-electron chi connectivity index (χ1n) is 1.80. The van der Waals surface area contributed by atoms with Crippen molar-refractivity contribution in [2.45, 2.75) is 0 Å². The van der Waals surface area contributed by atoms with E-state index in [0.717, 1.165) is 8.81 Å². The zero-order valence-electron chi connectivity index (χ0n) is 3.62. The number of hydrogen-bond donors (Lipinski definition) is 0. The molecule has 0 aliphatic rings. The topological polar surface area (TPSA) is 0 Å². The smallest absolute Gasteiger partial charge is 0.108 e. The van der Waals surface area contributed by atoms with Gasteiger partial charge >= 0.3 is 0 Å². The van der Waals surface area contributed by atoms with Gasteiger partial charge in [-0.2, -0.15) is 0 Å². The van der Waals surface area contributed by atoms with Crippen molar-refractivity contribution in [3.63, 3.8) is 0 Å². The highest BCUT2D eigenvalue weighted by molar-refractivity contribution is 14.1. The van der Waals surface area contributed by atoms with E-state index in [1.165, 1.54) is 2.88 Å². The van der Waals surface area contributed by atoms with Gasteiger partial charge in [0.1, 0.15) is 4.34 Å². The molecular weight excluding hydrogens is 322 g/mol. The second-order valence-corrected chi connectivity index (χ2v) is 5.57. The van der Waals surface area contributed by atoms with E-state index in [9.17, 15) is 0 Å². The summed E-state index contributed by atoms with van der Waals surface area (Å²) in [6.07, 6.45) is 0. The summed E-state index contributed by atoms with van der Waals surface area (Å²) in [5, 5.41) is 0. The molecule has 0 spiro atoms. The highest BCUT2D eigenvalue weighted by atomic mass is 127. The van der Waals surface area contributed by atoms with Crippen molar-refractivity contribution in [3.8, 4) is 0 Å². The van der Waals surface area contributed by atoms with E-state index in [4.69, 9.17) is 11.6 Å². The van der Waals surface area contributed by atoms with Gasteiger partial charge in [-0.05, 0) is 44.6 Å². The first-order valence-corrected chi connectivity index (χ1v) is 4.87. The molecule has 0 nitrogen and oxygen atoms in total. The molecule has 0 aromatic carbocycles. The average molecular weight is 323 g/mol. The first kappa shape index (κ1) is 7.31. The van der Waals surface area contributed by atoms with Crippen LogP contribution < -0.4 is 0 Å². The van der Waals surface area contributed by atoms with Crippen molar-refractivity contribution in [2.24, 2.45) is 0 Å². The lowest BCUT2D eigenvalue weighted by atomic mass is 10.7. The Morgan fingerprint density at radius 1 is 1.75 bits per heavy atom. The van der Waals surface area contributed by atoms with E-state index >= 15 is 0 Å². The largest absolute Gasteiger partial charge is 0.116 e. The quantitative estimate of drug-likeness (QED) is 0.638. The molecule has 4 heteroatoms. The van der Waals surface area contributed by atoms with Crippen molar-refractivity contribution < 1.29 is 0 Å². The predicted octanol–water partition coefficient (Wildman–Crippen LogP) is 3.77. The Bertz CT molecular complexity index is 178. The lowest BCUT2D eigenvalue weighted by molar-refractivity contribution is 1.86.